The van der Waals surface area contributed by atoms with Crippen LogP contribution >= 0.6 is 0 Å². The first-order chi connectivity index (χ1) is 11.2. The Labute approximate surface area is 135 Å². The van der Waals surface area contributed by atoms with E-state index in [-0.39, 0.29) is 24.6 Å². The Kier molecular flexibility index (Phi) is 4.95. The van der Waals surface area contributed by atoms with Crippen molar-refractivity contribution in [3.8, 4) is 0 Å². The second-order valence-corrected chi connectivity index (χ2v) is 6.27. The summed E-state index contributed by atoms with van der Waals surface area (Å²) in [5.74, 6) is 0.714. The fraction of sp³-hybridized carbons (Fsp3) is 0.688. The van der Waals surface area contributed by atoms with Crippen LogP contribution < -0.4 is 5.32 Å². The summed E-state index contributed by atoms with van der Waals surface area (Å²) in [6.07, 6.45) is 7.51. The predicted molar refractivity (Wildman–Crippen MR) is 83.3 cm³/mol. The molecule has 0 radical (unpaired) electrons. The van der Waals surface area contributed by atoms with Gasteiger partial charge in [0.2, 0.25) is 0 Å². The molecule has 7 nitrogen and oxygen atoms in total. The van der Waals surface area contributed by atoms with E-state index in [1.165, 1.54) is 0 Å². The van der Waals surface area contributed by atoms with Gasteiger partial charge in [-0.3, -0.25) is 4.79 Å². The van der Waals surface area contributed by atoms with Crippen molar-refractivity contribution in [2.45, 2.75) is 64.1 Å². The van der Waals surface area contributed by atoms with Gasteiger partial charge in [-0.05, 0) is 32.6 Å². The molecule has 2 atom stereocenters. The van der Waals surface area contributed by atoms with Gasteiger partial charge in [-0.1, -0.05) is 18.1 Å². The van der Waals surface area contributed by atoms with Crippen LogP contribution in [0.2, 0.25) is 0 Å². The highest BCUT2D eigenvalue weighted by molar-refractivity contribution is 5.94. The Balaban J connectivity index is 1.72. The smallest absolute Gasteiger partial charge is 0.250 e. The average molecular weight is 320 g/mol. The summed E-state index contributed by atoms with van der Waals surface area (Å²) >= 11 is 0. The van der Waals surface area contributed by atoms with Gasteiger partial charge in [0.15, 0.2) is 0 Å². The molecule has 1 amide bonds. The third kappa shape index (κ3) is 3.55. The van der Waals surface area contributed by atoms with Crippen molar-refractivity contribution in [2.75, 3.05) is 6.61 Å². The van der Waals surface area contributed by atoms with Gasteiger partial charge in [0.25, 0.3) is 5.91 Å². The van der Waals surface area contributed by atoms with E-state index in [0.717, 1.165) is 49.9 Å². The fourth-order valence-electron chi connectivity index (χ4n) is 3.41. The van der Waals surface area contributed by atoms with Crippen LogP contribution in [0.3, 0.4) is 0 Å². The number of hydrogen-bond acceptors (Lipinski definition) is 5. The molecule has 0 saturated heterocycles. The van der Waals surface area contributed by atoms with E-state index in [0.29, 0.717) is 12.3 Å². The third-order valence-electron chi connectivity index (χ3n) is 4.69. The Hall–Kier alpha value is -1.89. The fourth-order valence-corrected chi connectivity index (χ4v) is 3.41. The van der Waals surface area contributed by atoms with Crippen molar-refractivity contribution in [3.05, 3.63) is 23.2 Å². The molecule has 0 bridgehead atoms. The van der Waals surface area contributed by atoms with Gasteiger partial charge in [-0.2, -0.15) is 0 Å². The van der Waals surface area contributed by atoms with Crippen LogP contribution in [-0.4, -0.2) is 38.7 Å². The second-order valence-electron chi connectivity index (χ2n) is 6.27. The molecule has 1 aliphatic heterocycles. The highest BCUT2D eigenvalue weighted by Crippen LogP contribution is 2.29. The number of nitrogens with one attached hydrogen (secondary N) is 1. The van der Waals surface area contributed by atoms with Crippen molar-refractivity contribution < 1.29 is 14.6 Å². The summed E-state index contributed by atoms with van der Waals surface area (Å²) < 4.78 is 7.28. The summed E-state index contributed by atoms with van der Waals surface area (Å²) in [6.45, 7) is 2.43. The molecule has 0 spiro atoms. The predicted octanol–water partition coefficient (Wildman–Crippen LogP) is 1.45. The van der Waals surface area contributed by atoms with Gasteiger partial charge in [-0.15, -0.1) is 5.10 Å². The number of ether oxygens (including phenoxy) is 1. The summed E-state index contributed by atoms with van der Waals surface area (Å²) in [5.41, 5.74) is 1.31. The molecule has 1 fully saturated rings. The van der Waals surface area contributed by atoms with Crippen LogP contribution in [-0.2, 0) is 16.1 Å². The monoisotopic (exact) mass is 320 g/mol. The van der Waals surface area contributed by atoms with Gasteiger partial charge in [0.1, 0.15) is 11.5 Å². The normalized spacial score (nSPS) is 25.1. The molecule has 1 aromatic rings. The van der Waals surface area contributed by atoms with E-state index < -0.39 is 0 Å². The van der Waals surface area contributed by atoms with Crippen LogP contribution in [0.1, 0.15) is 57.2 Å². The lowest BCUT2D eigenvalue weighted by Crippen LogP contribution is -2.44. The lowest BCUT2D eigenvalue weighted by Gasteiger charge is -2.32. The molecule has 23 heavy (non-hydrogen) atoms. The van der Waals surface area contributed by atoms with Gasteiger partial charge < -0.3 is 15.2 Å². The van der Waals surface area contributed by atoms with Gasteiger partial charge in [0, 0.05) is 0 Å². The number of amides is 1. The maximum atomic E-state index is 12.6. The summed E-state index contributed by atoms with van der Waals surface area (Å²) in [6, 6.07) is 0.123. The molecular formula is C16H24N4O3. The maximum absolute atomic E-state index is 12.6. The van der Waals surface area contributed by atoms with E-state index >= 15 is 0 Å². The van der Waals surface area contributed by atoms with E-state index in [1.54, 1.807) is 10.9 Å². The lowest BCUT2D eigenvalue weighted by molar-refractivity contribution is -0.119. The van der Waals surface area contributed by atoms with Gasteiger partial charge in [-0.25, -0.2) is 4.68 Å². The molecule has 2 heterocycles. The molecule has 1 saturated carbocycles. The van der Waals surface area contributed by atoms with Gasteiger partial charge in [0.05, 0.1) is 37.1 Å². The number of aliphatic hydroxyl groups is 1. The molecule has 2 aliphatic rings. The number of carbonyl (C=O) groups excluding carboxylic acids is 1. The Morgan fingerprint density at radius 3 is 3.00 bits per heavy atom. The largest absolute Gasteiger partial charge is 0.498 e. The minimum atomic E-state index is -0.118. The van der Waals surface area contributed by atoms with Crippen molar-refractivity contribution in [2.24, 2.45) is 0 Å². The standard InChI is InChI=1S/C16H24N4O3/c1-11-13(5-4-8-23-11)16(22)17-14-6-2-3-7-15(14)20-9-12(10-21)18-19-20/h9,14-15,21H,2-8,10H2,1H3,(H,17,22)/t14-,15+/m0/s1. The molecule has 0 unspecified atom stereocenters. The zero-order valence-corrected chi connectivity index (χ0v) is 13.5. The molecule has 0 aromatic carbocycles. The minimum Gasteiger partial charge on any atom is -0.498 e. The Morgan fingerprint density at radius 1 is 1.43 bits per heavy atom. The number of nitrogens with zero attached hydrogens (tertiary/aromatic N) is 3. The second kappa shape index (κ2) is 7.12. The zero-order valence-electron chi connectivity index (χ0n) is 13.5. The first-order valence-corrected chi connectivity index (χ1v) is 8.34. The maximum Gasteiger partial charge on any atom is 0.250 e. The number of aromatic nitrogens is 3. The lowest BCUT2D eigenvalue weighted by atomic mass is 9.90. The first kappa shape index (κ1) is 16.0. The van der Waals surface area contributed by atoms with Crippen LogP contribution in [0, 0.1) is 0 Å². The molecule has 126 valence electrons. The third-order valence-corrected chi connectivity index (χ3v) is 4.69. The van der Waals surface area contributed by atoms with Crippen molar-refractivity contribution in [1.29, 1.82) is 0 Å². The quantitative estimate of drug-likeness (QED) is 0.876. The SMILES string of the molecule is CC1=C(C(=O)N[C@H]2CCCC[C@H]2n2cc(CO)nn2)CCCO1. The molecule has 3 rings (SSSR count). The topological polar surface area (TPSA) is 89.3 Å². The molecule has 2 N–H and O–H groups in total. The first-order valence-electron chi connectivity index (χ1n) is 8.34. The summed E-state index contributed by atoms with van der Waals surface area (Å²) in [5, 5.41) is 20.4. The zero-order chi connectivity index (χ0) is 16.2. The van der Waals surface area contributed by atoms with Crippen molar-refractivity contribution in [1.82, 2.24) is 20.3 Å². The highest BCUT2D eigenvalue weighted by atomic mass is 16.5. The number of allylic oxidation sites excluding steroid dienone is 1. The molecule has 1 aliphatic carbocycles. The number of aliphatic hydroxyl groups excluding tert-OH is 1. The summed E-state index contributed by atoms with van der Waals surface area (Å²) in [4.78, 5) is 12.6. The van der Waals surface area contributed by atoms with Crippen LogP contribution in [0.25, 0.3) is 0 Å². The minimum absolute atomic E-state index is 0.0263. The Morgan fingerprint density at radius 2 is 2.26 bits per heavy atom. The summed E-state index contributed by atoms with van der Waals surface area (Å²) in [7, 11) is 0. The van der Waals surface area contributed by atoms with Crippen LogP contribution in [0.4, 0.5) is 0 Å². The van der Waals surface area contributed by atoms with Gasteiger partial charge >= 0.3 is 0 Å². The van der Waals surface area contributed by atoms with E-state index in [9.17, 15) is 4.79 Å². The van der Waals surface area contributed by atoms with E-state index in [1.807, 2.05) is 6.92 Å². The molecule has 1 aromatic heterocycles. The molecular weight excluding hydrogens is 296 g/mol. The van der Waals surface area contributed by atoms with Crippen molar-refractivity contribution in [3.63, 3.8) is 0 Å². The Bertz CT molecular complexity index is 596. The number of rotatable bonds is 4. The van der Waals surface area contributed by atoms with E-state index in [4.69, 9.17) is 9.84 Å². The van der Waals surface area contributed by atoms with Crippen LogP contribution in [0.5, 0.6) is 0 Å². The number of carbonyl (C=O) groups is 1. The van der Waals surface area contributed by atoms with Crippen molar-refractivity contribution >= 4 is 5.91 Å². The van der Waals surface area contributed by atoms with Crippen LogP contribution in [0.15, 0.2) is 17.5 Å². The van der Waals surface area contributed by atoms with E-state index in [2.05, 4.69) is 15.6 Å². The highest BCUT2D eigenvalue weighted by Gasteiger charge is 2.30. The molecule has 7 heteroatoms. The number of hydrogen-bond donors (Lipinski definition) is 2. The average Bonchev–Trinajstić information content (AvgIpc) is 3.04.